The van der Waals surface area contributed by atoms with E-state index >= 15 is 0 Å². The summed E-state index contributed by atoms with van der Waals surface area (Å²) in [7, 11) is 0. The van der Waals surface area contributed by atoms with E-state index in [0.29, 0.717) is 0 Å². The third-order valence-electron chi connectivity index (χ3n) is 3.03. The van der Waals surface area contributed by atoms with E-state index in [9.17, 15) is 4.79 Å². The fourth-order valence-electron chi connectivity index (χ4n) is 2.24. The van der Waals surface area contributed by atoms with Crippen LogP contribution in [0.15, 0.2) is 48.5 Å². The molecule has 0 N–H and O–H groups in total. The molecule has 0 saturated carbocycles. The molecule has 3 aromatic carbocycles. The van der Waals surface area contributed by atoms with Crippen LogP contribution >= 0.6 is 0 Å². The van der Waals surface area contributed by atoms with E-state index in [1.165, 1.54) is 6.08 Å². The fourth-order valence-corrected chi connectivity index (χ4v) is 2.24. The van der Waals surface area contributed by atoms with Gasteiger partial charge in [0, 0.05) is 0 Å². The summed E-state index contributed by atoms with van der Waals surface area (Å²) in [6.07, 6.45) is 4.18. The van der Waals surface area contributed by atoms with Gasteiger partial charge in [0.2, 0.25) is 0 Å². The predicted octanol–water partition coefficient (Wildman–Crippen LogP) is 3.81. The molecule has 3 rings (SSSR count). The Morgan fingerprint density at radius 2 is 1.78 bits per heavy atom. The molecule has 0 aliphatic carbocycles. The fraction of sp³-hybridized carbons (Fsp3) is 0. The smallest absolute Gasteiger partial charge is 0.142 e. The molecule has 0 aliphatic heterocycles. The number of hydrogen-bond acceptors (Lipinski definition) is 1. The van der Waals surface area contributed by atoms with Crippen molar-refractivity contribution in [3.8, 4) is 0 Å². The monoisotopic (exact) mass is 230 g/mol. The summed E-state index contributed by atoms with van der Waals surface area (Å²) < 4.78 is 0. The molecule has 0 amide bonds. The normalized spacial score (nSPS) is 10.9. The molecule has 0 spiro atoms. The molecule has 1 heteroatoms. The molecule has 0 aromatic heterocycles. The van der Waals surface area contributed by atoms with Gasteiger partial charge in [-0.05, 0) is 51.4 Å². The van der Waals surface area contributed by atoms with Crippen molar-refractivity contribution in [3.05, 3.63) is 66.2 Å². The van der Waals surface area contributed by atoms with Crippen LogP contribution in [0, 0.1) is 12.1 Å². The molecule has 0 saturated heterocycles. The topological polar surface area (TPSA) is 17.1 Å². The van der Waals surface area contributed by atoms with Crippen molar-refractivity contribution in [1.82, 2.24) is 0 Å². The minimum Gasteiger partial charge on any atom is -0.299 e. The average Bonchev–Trinajstić information content (AvgIpc) is 2.43. The first-order valence-electron chi connectivity index (χ1n) is 5.75. The lowest BCUT2D eigenvalue weighted by molar-refractivity contribution is -0.104. The zero-order valence-corrected chi connectivity index (χ0v) is 9.68. The molecular formula is C17H10O. The van der Waals surface area contributed by atoms with Crippen molar-refractivity contribution in [3.63, 3.8) is 0 Å². The molecule has 0 bridgehead atoms. The number of hydrogen-bond donors (Lipinski definition) is 0. The maximum atomic E-state index is 10.5. The van der Waals surface area contributed by atoms with Crippen molar-refractivity contribution in [2.24, 2.45) is 0 Å². The minimum absolute atomic E-state index is 0.798. The highest BCUT2D eigenvalue weighted by Crippen LogP contribution is 2.28. The van der Waals surface area contributed by atoms with Gasteiger partial charge in [-0.15, -0.1) is 0 Å². The summed E-state index contributed by atoms with van der Waals surface area (Å²) in [5.41, 5.74) is 1.06. The van der Waals surface area contributed by atoms with Crippen molar-refractivity contribution in [2.75, 3.05) is 0 Å². The Hall–Kier alpha value is -2.59. The second-order valence-electron chi connectivity index (χ2n) is 4.09. The van der Waals surface area contributed by atoms with E-state index < -0.39 is 0 Å². The molecule has 18 heavy (non-hydrogen) atoms. The van der Waals surface area contributed by atoms with Gasteiger partial charge in [0.25, 0.3) is 0 Å². The number of aldehydes is 1. The van der Waals surface area contributed by atoms with E-state index in [4.69, 9.17) is 0 Å². The molecule has 0 unspecified atom stereocenters. The Morgan fingerprint density at radius 3 is 2.67 bits per heavy atom. The Bertz CT molecular complexity index is 700. The van der Waals surface area contributed by atoms with Gasteiger partial charge >= 0.3 is 0 Å². The van der Waals surface area contributed by atoms with Crippen LogP contribution < -0.4 is 0 Å². The van der Waals surface area contributed by atoms with E-state index in [1.807, 2.05) is 30.3 Å². The molecule has 0 aliphatic rings. The summed E-state index contributed by atoms with van der Waals surface area (Å²) in [4.78, 5) is 10.5. The van der Waals surface area contributed by atoms with Crippen LogP contribution in [-0.4, -0.2) is 6.29 Å². The lowest BCUT2D eigenvalue weighted by Crippen LogP contribution is -1.82. The van der Waals surface area contributed by atoms with Gasteiger partial charge in [0.05, 0.1) is 0 Å². The first-order valence-corrected chi connectivity index (χ1v) is 5.75. The quantitative estimate of drug-likeness (QED) is 0.483. The van der Waals surface area contributed by atoms with Crippen LogP contribution in [0.3, 0.4) is 0 Å². The minimum atomic E-state index is 0.798. The molecule has 3 aromatic rings. The molecule has 0 fully saturated rings. The van der Waals surface area contributed by atoms with Gasteiger partial charge in [0.1, 0.15) is 6.29 Å². The Kier molecular flexibility index (Phi) is 2.55. The zero-order chi connectivity index (χ0) is 12.4. The summed E-state index contributed by atoms with van der Waals surface area (Å²) in [5, 5.41) is 4.50. The van der Waals surface area contributed by atoms with Gasteiger partial charge in [-0.1, -0.05) is 42.5 Å². The van der Waals surface area contributed by atoms with Crippen LogP contribution in [0.1, 0.15) is 5.56 Å². The molecule has 1 nitrogen and oxygen atoms in total. The van der Waals surface area contributed by atoms with Gasteiger partial charge in [-0.2, -0.15) is 0 Å². The highest BCUT2D eigenvalue weighted by molar-refractivity contribution is 6.07. The number of benzene rings is 2. The standard InChI is InChI=1S/C17H10O/c18-11-5-10-17-15-8-3-1-6-13(15)12-14-7-2-4-9-16(14)17/h1,3,5-12H/b10-5+. The van der Waals surface area contributed by atoms with E-state index in [2.05, 4.69) is 30.3 Å². The van der Waals surface area contributed by atoms with Gasteiger partial charge in [-0.25, -0.2) is 0 Å². The van der Waals surface area contributed by atoms with E-state index in [0.717, 1.165) is 33.4 Å². The van der Waals surface area contributed by atoms with Crippen LogP contribution in [-0.2, 0) is 4.79 Å². The predicted molar refractivity (Wildman–Crippen MR) is 74.2 cm³/mol. The molecule has 0 heterocycles. The summed E-state index contributed by atoms with van der Waals surface area (Å²) in [6, 6.07) is 20.1. The van der Waals surface area contributed by atoms with E-state index in [-0.39, 0.29) is 0 Å². The van der Waals surface area contributed by atoms with Gasteiger partial charge in [0.15, 0.2) is 0 Å². The first kappa shape index (κ1) is 10.6. The largest absolute Gasteiger partial charge is 0.299 e. The summed E-state index contributed by atoms with van der Waals surface area (Å²) >= 11 is 0. The molecule has 84 valence electrons. The number of rotatable bonds is 2. The van der Waals surface area contributed by atoms with E-state index in [1.54, 1.807) is 0 Å². The molecule has 0 radical (unpaired) electrons. The van der Waals surface area contributed by atoms with Crippen LogP contribution in [0.2, 0.25) is 0 Å². The van der Waals surface area contributed by atoms with Crippen molar-refractivity contribution in [2.45, 2.75) is 0 Å². The second-order valence-corrected chi connectivity index (χ2v) is 4.09. The SMILES string of the molecule is O=C/C=C/c1c2cc#ccc2cc2ccccc12. The van der Waals surface area contributed by atoms with Crippen LogP contribution in [0.5, 0.6) is 0 Å². The average molecular weight is 230 g/mol. The highest BCUT2D eigenvalue weighted by atomic mass is 16.1. The Labute approximate surface area is 105 Å². The van der Waals surface area contributed by atoms with Crippen LogP contribution in [0.25, 0.3) is 27.6 Å². The first-order chi connectivity index (χ1) is 8.90. The number of carbonyl (C=O) groups excluding carboxylic acids is 1. The third kappa shape index (κ3) is 1.65. The van der Waals surface area contributed by atoms with Crippen molar-refractivity contribution < 1.29 is 4.79 Å². The number of fused-ring (bicyclic) bond motifs is 2. The number of carbonyl (C=O) groups is 1. The maximum absolute atomic E-state index is 10.5. The van der Waals surface area contributed by atoms with Crippen molar-refractivity contribution in [1.29, 1.82) is 0 Å². The van der Waals surface area contributed by atoms with Crippen molar-refractivity contribution >= 4 is 33.9 Å². The lowest BCUT2D eigenvalue weighted by atomic mass is 9.97. The summed E-state index contributed by atoms with van der Waals surface area (Å²) in [6.45, 7) is 0. The third-order valence-corrected chi connectivity index (χ3v) is 3.03. The highest BCUT2D eigenvalue weighted by Gasteiger charge is 2.03. The van der Waals surface area contributed by atoms with Gasteiger partial charge in [-0.3, -0.25) is 4.79 Å². The van der Waals surface area contributed by atoms with Gasteiger partial charge < -0.3 is 0 Å². The lowest BCUT2D eigenvalue weighted by Gasteiger charge is -2.06. The zero-order valence-electron chi connectivity index (χ0n) is 9.68. The maximum Gasteiger partial charge on any atom is 0.142 e. The molecule has 0 atom stereocenters. The number of allylic oxidation sites excluding steroid dienone is 1. The Morgan fingerprint density at radius 1 is 0.944 bits per heavy atom. The van der Waals surface area contributed by atoms with Crippen LogP contribution in [0.4, 0.5) is 0 Å². The molecular weight excluding hydrogens is 220 g/mol. The summed E-state index contributed by atoms with van der Waals surface area (Å²) in [5.74, 6) is 0. The Balaban J connectivity index is 2.49. The second kappa shape index (κ2) is 4.35.